The Morgan fingerprint density at radius 1 is 1.00 bits per heavy atom. The number of benzene rings is 1. The van der Waals surface area contributed by atoms with Crippen LogP contribution in [-0.4, -0.2) is 41.0 Å². The van der Waals surface area contributed by atoms with Crippen molar-refractivity contribution in [2.45, 2.75) is 49.8 Å². The highest BCUT2D eigenvalue weighted by molar-refractivity contribution is 7.89. The molecule has 0 aromatic heterocycles. The maximum Gasteiger partial charge on any atom is 0.305 e. The number of hydrogen-bond acceptors (Lipinski definition) is 5. The highest BCUT2D eigenvalue weighted by Gasteiger charge is 2.10. The number of amides is 1. The number of hydrogen-bond donors (Lipinski definition) is 2. The Labute approximate surface area is 155 Å². The van der Waals surface area contributed by atoms with E-state index in [-0.39, 0.29) is 16.8 Å². The van der Waals surface area contributed by atoms with Gasteiger partial charge < -0.3 is 10.1 Å². The fraction of sp³-hybridized carbons (Fsp3) is 0.556. The average molecular weight is 384 g/mol. The normalized spacial score (nSPS) is 11.2. The molecule has 0 aliphatic rings. The molecule has 2 N–H and O–H groups in total. The first kappa shape index (κ1) is 22.1. The van der Waals surface area contributed by atoms with Crippen LogP contribution in [0.15, 0.2) is 29.2 Å². The molecule has 1 rings (SSSR count). The molecule has 0 fully saturated rings. The Kier molecular flexibility index (Phi) is 9.90. The summed E-state index contributed by atoms with van der Waals surface area (Å²) >= 11 is 0. The van der Waals surface area contributed by atoms with E-state index in [1.807, 2.05) is 0 Å². The third-order valence-corrected chi connectivity index (χ3v) is 5.43. The molecule has 0 heterocycles. The van der Waals surface area contributed by atoms with Crippen molar-refractivity contribution in [3.05, 3.63) is 29.8 Å². The van der Waals surface area contributed by atoms with Crippen molar-refractivity contribution in [2.75, 3.05) is 20.7 Å². The molecule has 0 radical (unpaired) electrons. The third-order valence-electron chi connectivity index (χ3n) is 4.00. The summed E-state index contributed by atoms with van der Waals surface area (Å²) in [4.78, 5) is 23.0. The molecule has 0 aliphatic carbocycles. The van der Waals surface area contributed by atoms with Crippen molar-refractivity contribution < 1.29 is 22.7 Å². The zero-order valence-corrected chi connectivity index (χ0v) is 16.2. The van der Waals surface area contributed by atoms with Crippen LogP contribution in [0.5, 0.6) is 0 Å². The molecule has 146 valence electrons. The molecule has 0 unspecified atom stereocenters. The van der Waals surface area contributed by atoms with E-state index in [2.05, 4.69) is 14.8 Å². The first-order valence-corrected chi connectivity index (χ1v) is 10.2. The summed E-state index contributed by atoms with van der Waals surface area (Å²) in [5.74, 6) is -0.207. The van der Waals surface area contributed by atoms with E-state index in [1.165, 1.54) is 26.3 Å². The van der Waals surface area contributed by atoms with E-state index in [1.54, 1.807) is 12.1 Å². The highest BCUT2D eigenvalue weighted by Crippen LogP contribution is 2.11. The fourth-order valence-electron chi connectivity index (χ4n) is 2.38. The van der Waals surface area contributed by atoms with Crippen LogP contribution in [0.4, 0.5) is 0 Å². The molecule has 26 heavy (non-hydrogen) atoms. The molecular weight excluding hydrogens is 356 g/mol. The summed E-state index contributed by atoms with van der Waals surface area (Å²) < 4.78 is 30.1. The molecule has 1 aromatic rings. The number of carbonyl (C=O) groups is 2. The maximum atomic E-state index is 11.8. The minimum Gasteiger partial charge on any atom is -0.469 e. The quantitative estimate of drug-likeness (QED) is 0.422. The third kappa shape index (κ3) is 8.44. The summed E-state index contributed by atoms with van der Waals surface area (Å²) in [5.41, 5.74) is 0.915. The van der Waals surface area contributed by atoms with Crippen LogP contribution >= 0.6 is 0 Å². The molecule has 0 atom stereocenters. The van der Waals surface area contributed by atoms with Crippen molar-refractivity contribution in [1.82, 2.24) is 10.0 Å². The fourth-order valence-corrected chi connectivity index (χ4v) is 3.11. The Bertz CT molecular complexity index is 671. The number of unbranched alkanes of at least 4 members (excludes halogenated alkanes) is 3. The number of nitrogens with one attached hydrogen (secondary N) is 2. The highest BCUT2D eigenvalue weighted by atomic mass is 32.2. The van der Waals surface area contributed by atoms with Gasteiger partial charge in [-0.05, 0) is 44.0 Å². The lowest BCUT2D eigenvalue weighted by Gasteiger charge is -2.07. The van der Waals surface area contributed by atoms with Crippen molar-refractivity contribution in [3.63, 3.8) is 0 Å². The topological polar surface area (TPSA) is 102 Å². The summed E-state index contributed by atoms with van der Waals surface area (Å²) in [5, 5.41) is 2.87. The second-order valence-electron chi connectivity index (χ2n) is 5.94. The molecule has 0 saturated carbocycles. The van der Waals surface area contributed by atoms with Gasteiger partial charge in [-0.15, -0.1) is 0 Å². The second kappa shape index (κ2) is 11.6. The molecule has 1 amide bonds. The Morgan fingerprint density at radius 2 is 1.65 bits per heavy atom. The van der Waals surface area contributed by atoms with E-state index in [0.29, 0.717) is 25.8 Å². The number of sulfonamides is 1. The SMILES string of the molecule is CNS(=O)(=O)c1ccc(CCC(=O)NCCCCCCC(=O)OC)cc1. The van der Waals surface area contributed by atoms with Gasteiger partial charge in [-0.25, -0.2) is 13.1 Å². The van der Waals surface area contributed by atoms with Gasteiger partial charge in [0.15, 0.2) is 0 Å². The number of aryl methyl sites for hydroxylation is 1. The van der Waals surface area contributed by atoms with Gasteiger partial charge in [0.1, 0.15) is 0 Å². The van der Waals surface area contributed by atoms with Crippen LogP contribution < -0.4 is 10.0 Å². The minimum absolute atomic E-state index is 0.0218. The van der Waals surface area contributed by atoms with Crippen molar-refractivity contribution in [2.24, 2.45) is 0 Å². The number of esters is 1. The van der Waals surface area contributed by atoms with E-state index < -0.39 is 10.0 Å². The van der Waals surface area contributed by atoms with E-state index in [4.69, 9.17) is 0 Å². The van der Waals surface area contributed by atoms with Gasteiger partial charge in [0.05, 0.1) is 12.0 Å². The van der Waals surface area contributed by atoms with E-state index in [0.717, 1.165) is 31.2 Å². The van der Waals surface area contributed by atoms with Gasteiger partial charge in [-0.1, -0.05) is 25.0 Å². The lowest BCUT2D eigenvalue weighted by Crippen LogP contribution is -2.24. The molecule has 1 aromatic carbocycles. The predicted molar refractivity (Wildman–Crippen MR) is 99.1 cm³/mol. The number of methoxy groups -OCH3 is 1. The zero-order valence-electron chi connectivity index (χ0n) is 15.4. The summed E-state index contributed by atoms with van der Waals surface area (Å²) in [6, 6.07) is 6.51. The van der Waals surface area contributed by atoms with Gasteiger partial charge in [-0.2, -0.15) is 0 Å². The van der Waals surface area contributed by atoms with Gasteiger partial charge in [-0.3, -0.25) is 9.59 Å². The van der Waals surface area contributed by atoms with Crippen molar-refractivity contribution >= 4 is 21.9 Å². The van der Waals surface area contributed by atoms with Crippen LogP contribution in [0.2, 0.25) is 0 Å². The largest absolute Gasteiger partial charge is 0.469 e. The van der Waals surface area contributed by atoms with Crippen LogP contribution in [-0.2, 0) is 30.8 Å². The van der Waals surface area contributed by atoms with Gasteiger partial charge in [0.25, 0.3) is 0 Å². The molecule has 0 aliphatic heterocycles. The molecule has 8 heteroatoms. The minimum atomic E-state index is -3.43. The zero-order chi connectivity index (χ0) is 19.4. The number of ether oxygens (including phenoxy) is 1. The smallest absolute Gasteiger partial charge is 0.305 e. The number of carbonyl (C=O) groups excluding carboxylic acids is 2. The Morgan fingerprint density at radius 3 is 2.27 bits per heavy atom. The van der Waals surface area contributed by atoms with Crippen molar-refractivity contribution in [3.8, 4) is 0 Å². The number of rotatable bonds is 12. The standard InChI is InChI=1S/C18H28N2O5S/c1-19-26(23,24)16-11-8-15(9-12-16)10-13-17(21)20-14-6-4-3-5-7-18(22)25-2/h8-9,11-12,19H,3-7,10,13-14H2,1-2H3,(H,20,21). The van der Waals surface area contributed by atoms with Crippen LogP contribution in [0, 0.1) is 0 Å². The lowest BCUT2D eigenvalue weighted by molar-refractivity contribution is -0.140. The van der Waals surface area contributed by atoms with Gasteiger partial charge >= 0.3 is 5.97 Å². The monoisotopic (exact) mass is 384 g/mol. The summed E-state index contributed by atoms with van der Waals surface area (Å²) in [7, 11) is -0.676. The Balaban J connectivity index is 2.18. The maximum absolute atomic E-state index is 11.8. The molecule has 0 spiro atoms. The van der Waals surface area contributed by atoms with Gasteiger partial charge in [0.2, 0.25) is 15.9 Å². The van der Waals surface area contributed by atoms with E-state index in [9.17, 15) is 18.0 Å². The molecule has 7 nitrogen and oxygen atoms in total. The van der Waals surface area contributed by atoms with Gasteiger partial charge in [0, 0.05) is 19.4 Å². The lowest BCUT2D eigenvalue weighted by atomic mass is 10.1. The molecule has 0 saturated heterocycles. The first-order valence-electron chi connectivity index (χ1n) is 8.75. The van der Waals surface area contributed by atoms with Crippen LogP contribution in [0.25, 0.3) is 0 Å². The summed E-state index contributed by atoms with van der Waals surface area (Å²) in [6.45, 7) is 0.621. The molecular formula is C18H28N2O5S. The van der Waals surface area contributed by atoms with E-state index >= 15 is 0 Å². The van der Waals surface area contributed by atoms with Crippen molar-refractivity contribution in [1.29, 1.82) is 0 Å². The van der Waals surface area contributed by atoms with Crippen LogP contribution in [0.3, 0.4) is 0 Å². The summed E-state index contributed by atoms with van der Waals surface area (Å²) in [6.07, 6.45) is 4.94. The molecule has 0 bridgehead atoms. The van der Waals surface area contributed by atoms with Crippen LogP contribution in [0.1, 0.15) is 44.1 Å². The average Bonchev–Trinajstić information content (AvgIpc) is 2.65. The second-order valence-corrected chi connectivity index (χ2v) is 7.83. The Hall–Kier alpha value is -1.93. The predicted octanol–water partition coefficient (Wildman–Crippen LogP) is 1.77. The first-order chi connectivity index (χ1) is 12.4.